The van der Waals surface area contributed by atoms with Crippen LogP contribution in [0.25, 0.3) is 0 Å². The zero-order valence-corrected chi connectivity index (χ0v) is 13.8. The number of nitrogen functional groups attached to an aromatic ring is 1. The molecule has 0 spiro atoms. The Balaban J connectivity index is 2.12. The summed E-state index contributed by atoms with van der Waals surface area (Å²) < 4.78 is 0.791. The van der Waals surface area contributed by atoms with Gasteiger partial charge in [0, 0.05) is 21.4 Å². The van der Waals surface area contributed by atoms with E-state index in [1.165, 1.54) is 5.56 Å². The van der Waals surface area contributed by atoms with Crippen LogP contribution in [0, 0.1) is 0 Å². The van der Waals surface area contributed by atoms with Crippen molar-refractivity contribution in [3.8, 4) is 0 Å². The van der Waals surface area contributed by atoms with E-state index in [1.54, 1.807) is 18.2 Å². The first kappa shape index (κ1) is 15.6. The fourth-order valence-corrected chi connectivity index (χ4v) is 2.59. The summed E-state index contributed by atoms with van der Waals surface area (Å²) in [6.45, 7) is 4.36. The lowest BCUT2D eigenvalue weighted by molar-refractivity contribution is 0.102. The van der Waals surface area contributed by atoms with Crippen LogP contribution in [-0.2, 0) is 0 Å². The van der Waals surface area contributed by atoms with Crippen molar-refractivity contribution in [1.29, 1.82) is 0 Å². The topological polar surface area (TPSA) is 55.1 Å². The molecule has 0 radical (unpaired) electrons. The fourth-order valence-electron chi connectivity index (χ4n) is 2.08. The summed E-state index contributed by atoms with van der Waals surface area (Å²) in [5.74, 6) is 0.360. The van der Waals surface area contributed by atoms with Crippen molar-refractivity contribution in [1.82, 2.24) is 0 Å². The molecule has 0 aliphatic carbocycles. The molecule has 1 unspecified atom stereocenters. The number of carbonyl (C=O) groups excluding carboxylic acids is 1. The minimum Gasteiger partial charge on any atom is -0.399 e. The second-order valence-electron chi connectivity index (χ2n) is 5.16. The van der Waals surface area contributed by atoms with Gasteiger partial charge in [0.1, 0.15) is 0 Å². The van der Waals surface area contributed by atoms with E-state index in [0.29, 0.717) is 17.2 Å². The number of hydrogen-bond acceptors (Lipinski definition) is 2. The molecule has 2 aromatic rings. The second-order valence-corrected chi connectivity index (χ2v) is 6.07. The Morgan fingerprint density at radius 3 is 2.48 bits per heavy atom. The van der Waals surface area contributed by atoms with Crippen LogP contribution in [-0.4, -0.2) is 5.91 Å². The maximum atomic E-state index is 12.2. The molecule has 0 heterocycles. The Labute approximate surface area is 133 Å². The lowest BCUT2D eigenvalue weighted by Crippen LogP contribution is -2.12. The smallest absolute Gasteiger partial charge is 0.255 e. The van der Waals surface area contributed by atoms with Gasteiger partial charge in [-0.3, -0.25) is 4.79 Å². The number of halogens is 1. The third-order valence-electron chi connectivity index (χ3n) is 3.53. The Hall–Kier alpha value is -1.81. The molecule has 0 aromatic heterocycles. The third-order valence-corrected chi connectivity index (χ3v) is 3.99. The van der Waals surface area contributed by atoms with Crippen LogP contribution in [0.4, 0.5) is 11.4 Å². The van der Waals surface area contributed by atoms with Crippen molar-refractivity contribution in [2.75, 3.05) is 11.1 Å². The summed E-state index contributed by atoms with van der Waals surface area (Å²) >= 11 is 3.34. The molecule has 21 heavy (non-hydrogen) atoms. The molecule has 0 saturated carbocycles. The molecule has 0 aliphatic rings. The maximum absolute atomic E-state index is 12.2. The van der Waals surface area contributed by atoms with E-state index in [2.05, 4.69) is 47.2 Å². The molecular weight excluding hydrogens is 328 g/mol. The highest BCUT2D eigenvalue weighted by molar-refractivity contribution is 9.10. The van der Waals surface area contributed by atoms with E-state index in [9.17, 15) is 4.79 Å². The van der Waals surface area contributed by atoms with Crippen molar-refractivity contribution < 1.29 is 4.79 Å². The van der Waals surface area contributed by atoms with Gasteiger partial charge in [-0.05, 0) is 48.2 Å². The Kier molecular flexibility index (Phi) is 5.02. The lowest BCUT2D eigenvalue weighted by Gasteiger charge is -2.11. The monoisotopic (exact) mass is 346 g/mol. The van der Waals surface area contributed by atoms with Gasteiger partial charge in [0.25, 0.3) is 5.91 Å². The van der Waals surface area contributed by atoms with Crippen LogP contribution in [0.3, 0.4) is 0 Å². The lowest BCUT2D eigenvalue weighted by atomic mass is 9.98. The van der Waals surface area contributed by atoms with E-state index in [0.717, 1.165) is 16.6 Å². The fraction of sp³-hybridized carbons (Fsp3) is 0.235. The van der Waals surface area contributed by atoms with Gasteiger partial charge in [-0.2, -0.15) is 0 Å². The number of hydrogen-bond donors (Lipinski definition) is 2. The van der Waals surface area contributed by atoms with Crippen LogP contribution in [0.1, 0.15) is 42.1 Å². The van der Waals surface area contributed by atoms with Gasteiger partial charge in [-0.25, -0.2) is 0 Å². The number of carbonyl (C=O) groups is 1. The van der Waals surface area contributed by atoms with Gasteiger partial charge in [0.15, 0.2) is 0 Å². The normalized spacial score (nSPS) is 12.0. The highest BCUT2D eigenvalue weighted by Gasteiger charge is 2.08. The Morgan fingerprint density at radius 2 is 1.90 bits per heavy atom. The Morgan fingerprint density at radius 1 is 1.24 bits per heavy atom. The predicted octanol–water partition coefficient (Wildman–Crippen LogP) is 4.80. The molecule has 0 aliphatic heterocycles. The number of rotatable bonds is 4. The summed E-state index contributed by atoms with van der Waals surface area (Å²) in [5.41, 5.74) is 8.90. The number of benzene rings is 2. The average Bonchev–Trinajstić information content (AvgIpc) is 2.46. The zero-order chi connectivity index (χ0) is 15.4. The minimum absolute atomic E-state index is 0.167. The molecule has 2 rings (SSSR count). The van der Waals surface area contributed by atoms with E-state index >= 15 is 0 Å². The van der Waals surface area contributed by atoms with Crippen LogP contribution in [0.5, 0.6) is 0 Å². The number of nitrogens with two attached hydrogens (primary N) is 1. The van der Waals surface area contributed by atoms with Crippen molar-refractivity contribution in [3.05, 3.63) is 58.1 Å². The Bertz CT molecular complexity index is 617. The van der Waals surface area contributed by atoms with E-state index in [-0.39, 0.29) is 5.91 Å². The molecule has 1 amide bonds. The minimum atomic E-state index is -0.167. The predicted molar refractivity (Wildman–Crippen MR) is 91.7 cm³/mol. The first-order chi connectivity index (χ1) is 9.99. The van der Waals surface area contributed by atoms with Gasteiger partial charge in [-0.1, -0.05) is 41.9 Å². The number of amides is 1. The van der Waals surface area contributed by atoms with Gasteiger partial charge in [0.2, 0.25) is 0 Å². The molecule has 1 atom stereocenters. The molecule has 4 heteroatoms. The highest BCUT2D eigenvalue weighted by atomic mass is 79.9. The van der Waals surface area contributed by atoms with E-state index in [1.807, 2.05) is 12.1 Å². The maximum Gasteiger partial charge on any atom is 0.255 e. The van der Waals surface area contributed by atoms with Crippen molar-refractivity contribution >= 4 is 33.2 Å². The quantitative estimate of drug-likeness (QED) is 0.781. The number of anilines is 2. The highest BCUT2D eigenvalue weighted by Crippen LogP contribution is 2.22. The molecule has 110 valence electrons. The summed E-state index contributed by atoms with van der Waals surface area (Å²) in [5, 5.41) is 2.88. The molecular formula is C17H19BrN2O. The van der Waals surface area contributed by atoms with Crippen molar-refractivity contribution in [2.24, 2.45) is 0 Å². The first-order valence-corrected chi connectivity index (χ1v) is 7.76. The molecule has 2 aromatic carbocycles. The zero-order valence-electron chi connectivity index (χ0n) is 12.2. The van der Waals surface area contributed by atoms with E-state index < -0.39 is 0 Å². The summed E-state index contributed by atoms with van der Waals surface area (Å²) in [4.78, 5) is 12.2. The standard InChI is InChI=1S/C17H19BrN2O/c1-3-11(2)12-4-6-16(7-5-12)20-17(21)13-8-14(18)10-15(19)9-13/h4-11H,3,19H2,1-2H3,(H,20,21). The van der Waals surface area contributed by atoms with Crippen LogP contribution in [0.2, 0.25) is 0 Å². The molecule has 3 nitrogen and oxygen atoms in total. The van der Waals surface area contributed by atoms with Gasteiger partial charge >= 0.3 is 0 Å². The average molecular weight is 347 g/mol. The summed E-state index contributed by atoms with van der Waals surface area (Å²) in [6, 6.07) is 13.1. The van der Waals surface area contributed by atoms with Crippen LogP contribution in [0.15, 0.2) is 46.9 Å². The third kappa shape index (κ3) is 4.08. The van der Waals surface area contributed by atoms with Gasteiger partial charge in [-0.15, -0.1) is 0 Å². The second kappa shape index (κ2) is 6.76. The summed E-state index contributed by atoms with van der Waals surface area (Å²) in [6.07, 6.45) is 1.10. The van der Waals surface area contributed by atoms with Gasteiger partial charge in [0.05, 0.1) is 0 Å². The molecule has 3 N–H and O–H groups in total. The molecule has 0 bridgehead atoms. The van der Waals surface area contributed by atoms with Crippen molar-refractivity contribution in [3.63, 3.8) is 0 Å². The molecule has 0 saturated heterocycles. The number of nitrogens with one attached hydrogen (secondary N) is 1. The summed E-state index contributed by atoms with van der Waals surface area (Å²) in [7, 11) is 0. The van der Waals surface area contributed by atoms with Crippen LogP contribution >= 0.6 is 15.9 Å². The van der Waals surface area contributed by atoms with E-state index in [4.69, 9.17) is 5.73 Å². The van der Waals surface area contributed by atoms with Crippen molar-refractivity contribution in [2.45, 2.75) is 26.2 Å². The SMILES string of the molecule is CCC(C)c1ccc(NC(=O)c2cc(N)cc(Br)c2)cc1. The van der Waals surface area contributed by atoms with Gasteiger partial charge < -0.3 is 11.1 Å². The molecule has 0 fully saturated rings. The van der Waals surface area contributed by atoms with Crippen LogP contribution < -0.4 is 11.1 Å². The largest absolute Gasteiger partial charge is 0.399 e. The first-order valence-electron chi connectivity index (χ1n) is 6.97.